The van der Waals surface area contributed by atoms with Crippen molar-refractivity contribution in [3.05, 3.63) is 36.0 Å². The van der Waals surface area contributed by atoms with Crippen LogP contribution in [-0.4, -0.2) is 22.0 Å². The fraction of sp³-hybridized carbons (Fsp3) is 0.308. The first-order valence-corrected chi connectivity index (χ1v) is 7.36. The van der Waals surface area contributed by atoms with Crippen LogP contribution in [-0.2, 0) is 5.54 Å². The molecule has 0 saturated heterocycles. The molecule has 2 aromatic rings. The molecule has 1 aliphatic rings. The van der Waals surface area contributed by atoms with Gasteiger partial charge >= 0.3 is 12.4 Å². The van der Waals surface area contributed by atoms with Crippen molar-refractivity contribution in [3.8, 4) is 5.75 Å². The minimum atomic E-state index is -4.75. The Morgan fingerprint density at radius 1 is 1.35 bits per heavy atom. The Kier molecular flexibility index (Phi) is 3.84. The van der Waals surface area contributed by atoms with Crippen LogP contribution >= 0.6 is 11.5 Å². The van der Waals surface area contributed by atoms with E-state index in [1.807, 2.05) is 0 Å². The van der Waals surface area contributed by atoms with Gasteiger partial charge in [0, 0.05) is 11.5 Å². The van der Waals surface area contributed by atoms with Crippen LogP contribution < -0.4 is 15.4 Å². The first-order valence-electron chi connectivity index (χ1n) is 6.59. The van der Waals surface area contributed by atoms with Crippen LogP contribution in [0.4, 0.5) is 23.0 Å². The van der Waals surface area contributed by atoms with Gasteiger partial charge in [-0.15, -0.1) is 18.3 Å². The Hall–Kier alpha value is -2.36. The Bertz CT molecular complexity index is 701. The molecule has 1 aromatic heterocycles. The molecule has 2 amide bonds. The Morgan fingerprint density at radius 3 is 2.74 bits per heavy atom. The van der Waals surface area contributed by atoms with Crippen molar-refractivity contribution in [1.29, 1.82) is 0 Å². The summed E-state index contributed by atoms with van der Waals surface area (Å²) in [5.41, 5.74) is -0.107. The molecule has 122 valence electrons. The zero-order chi connectivity index (χ0) is 16.5. The Balaban J connectivity index is 1.70. The predicted molar refractivity (Wildman–Crippen MR) is 76.1 cm³/mol. The standard InChI is InChI=1S/C13H11F3N4O2S/c14-13(15,16)22-9-3-1-2-8(6-9)12(4-5-12)19-11(21)18-10-7-17-20-23-10/h1-3,6-7H,4-5H2,(H2,18,19,21). The van der Waals surface area contributed by atoms with Gasteiger partial charge in [-0.2, -0.15) is 0 Å². The number of carbonyl (C=O) groups excluding carboxylic acids is 1. The molecule has 1 fully saturated rings. The molecule has 1 aliphatic carbocycles. The van der Waals surface area contributed by atoms with E-state index in [2.05, 4.69) is 25.0 Å². The van der Waals surface area contributed by atoms with Crippen molar-refractivity contribution < 1.29 is 22.7 Å². The first kappa shape index (κ1) is 15.5. The Morgan fingerprint density at radius 2 is 2.13 bits per heavy atom. The molecule has 0 aliphatic heterocycles. The molecular formula is C13H11F3N4O2S. The minimum absolute atomic E-state index is 0.310. The number of nitrogens with zero attached hydrogens (tertiary/aromatic N) is 2. The van der Waals surface area contributed by atoms with E-state index in [9.17, 15) is 18.0 Å². The second kappa shape index (κ2) is 5.69. The lowest BCUT2D eigenvalue weighted by atomic mass is 10.0. The number of halogens is 3. The van der Waals surface area contributed by atoms with E-state index in [0.29, 0.717) is 23.4 Å². The molecule has 23 heavy (non-hydrogen) atoms. The highest BCUT2D eigenvalue weighted by Gasteiger charge is 2.46. The third-order valence-electron chi connectivity index (χ3n) is 3.32. The van der Waals surface area contributed by atoms with E-state index in [4.69, 9.17) is 0 Å². The molecule has 1 heterocycles. The average Bonchev–Trinajstić information content (AvgIpc) is 3.04. The summed E-state index contributed by atoms with van der Waals surface area (Å²) in [6.07, 6.45) is -2.07. The van der Waals surface area contributed by atoms with Crippen molar-refractivity contribution in [2.45, 2.75) is 24.7 Å². The zero-order valence-electron chi connectivity index (χ0n) is 11.6. The number of amides is 2. The van der Waals surface area contributed by atoms with Crippen LogP contribution in [0.15, 0.2) is 30.5 Å². The van der Waals surface area contributed by atoms with Gasteiger partial charge in [0.2, 0.25) is 0 Å². The molecule has 10 heteroatoms. The van der Waals surface area contributed by atoms with E-state index in [1.165, 1.54) is 24.4 Å². The van der Waals surface area contributed by atoms with Crippen LogP contribution in [0.2, 0.25) is 0 Å². The molecule has 1 saturated carbocycles. The number of aromatic nitrogens is 2. The van der Waals surface area contributed by atoms with Crippen LogP contribution in [0.1, 0.15) is 18.4 Å². The summed E-state index contributed by atoms with van der Waals surface area (Å²) in [6, 6.07) is 5.16. The van der Waals surface area contributed by atoms with Gasteiger partial charge in [0.25, 0.3) is 0 Å². The van der Waals surface area contributed by atoms with Crippen LogP contribution in [0.3, 0.4) is 0 Å². The lowest BCUT2D eigenvalue weighted by molar-refractivity contribution is -0.274. The molecule has 2 N–H and O–H groups in total. The van der Waals surface area contributed by atoms with E-state index >= 15 is 0 Å². The van der Waals surface area contributed by atoms with Crippen molar-refractivity contribution in [3.63, 3.8) is 0 Å². The van der Waals surface area contributed by atoms with Gasteiger partial charge in [-0.1, -0.05) is 16.6 Å². The summed E-state index contributed by atoms with van der Waals surface area (Å²) in [4.78, 5) is 12.0. The summed E-state index contributed by atoms with van der Waals surface area (Å²) in [5.74, 6) is -0.310. The maximum Gasteiger partial charge on any atom is 0.573 e. The number of anilines is 1. The highest BCUT2D eigenvalue weighted by molar-refractivity contribution is 7.10. The van der Waals surface area contributed by atoms with Crippen LogP contribution in [0.5, 0.6) is 5.75 Å². The zero-order valence-corrected chi connectivity index (χ0v) is 12.4. The number of nitrogens with one attached hydrogen (secondary N) is 2. The quantitative estimate of drug-likeness (QED) is 0.893. The minimum Gasteiger partial charge on any atom is -0.406 e. The van der Waals surface area contributed by atoms with Crippen molar-refractivity contribution >= 4 is 22.6 Å². The van der Waals surface area contributed by atoms with Gasteiger partial charge in [-0.3, -0.25) is 5.32 Å². The number of rotatable bonds is 4. The molecule has 6 nitrogen and oxygen atoms in total. The number of hydrogen-bond donors (Lipinski definition) is 2. The molecular weight excluding hydrogens is 333 g/mol. The molecule has 0 radical (unpaired) electrons. The van der Waals surface area contributed by atoms with Gasteiger partial charge in [0.1, 0.15) is 10.8 Å². The topological polar surface area (TPSA) is 76.1 Å². The summed E-state index contributed by atoms with van der Waals surface area (Å²) < 4.78 is 44.4. The number of urea groups is 1. The maximum absolute atomic E-state index is 12.3. The SMILES string of the molecule is O=C(Nc1cnns1)NC1(c2cccc(OC(F)(F)F)c2)CC1. The summed E-state index contributed by atoms with van der Waals surface area (Å²) in [7, 11) is 0. The summed E-state index contributed by atoms with van der Waals surface area (Å²) >= 11 is 1.02. The number of ether oxygens (including phenoxy) is 1. The molecule has 0 spiro atoms. The van der Waals surface area contributed by atoms with Gasteiger partial charge in [0.15, 0.2) is 0 Å². The smallest absolute Gasteiger partial charge is 0.406 e. The maximum atomic E-state index is 12.3. The van der Waals surface area contributed by atoms with Crippen molar-refractivity contribution in [1.82, 2.24) is 14.9 Å². The molecule has 0 atom stereocenters. The number of carbonyl (C=O) groups is 1. The van der Waals surface area contributed by atoms with Crippen LogP contribution in [0, 0.1) is 0 Å². The van der Waals surface area contributed by atoms with Crippen molar-refractivity contribution in [2.75, 3.05) is 5.32 Å². The summed E-state index contributed by atoms with van der Waals surface area (Å²) in [6.45, 7) is 0. The van der Waals surface area contributed by atoms with Gasteiger partial charge < -0.3 is 10.1 Å². The average molecular weight is 344 g/mol. The van der Waals surface area contributed by atoms with E-state index in [0.717, 1.165) is 11.5 Å². The number of alkyl halides is 3. The second-order valence-electron chi connectivity index (χ2n) is 5.02. The fourth-order valence-corrected chi connectivity index (χ4v) is 2.60. The second-order valence-corrected chi connectivity index (χ2v) is 5.80. The van der Waals surface area contributed by atoms with E-state index < -0.39 is 17.9 Å². The largest absolute Gasteiger partial charge is 0.573 e. The third-order valence-corrected chi connectivity index (χ3v) is 3.90. The normalized spacial score (nSPS) is 15.8. The molecule has 0 unspecified atom stereocenters. The predicted octanol–water partition coefficient (Wildman–Crippen LogP) is 3.25. The fourth-order valence-electron chi connectivity index (χ4n) is 2.18. The molecule has 1 aromatic carbocycles. The third kappa shape index (κ3) is 3.89. The van der Waals surface area contributed by atoms with Crippen molar-refractivity contribution in [2.24, 2.45) is 0 Å². The lowest BCUT2D eigenvalue weighted by Gasteiger charge is -2.19. The first-order chi connectivity index (χ1) is 10.9. The number of hydrogen-bond acceptors (Lipinski definition) is 5. The highest BCUT2D eigenvalue weighted by atomic mass is 32.1. The number of benzene rings is 1. The monoisotopic (exact) mass is 344 g/mol. The Labute approximate surface area is 132 Å². The van der Waals surface area contributed by atoms with Crippen LogP contribution in [0.25, 0.3) is 0 Å². The highest BCUT2D eigenvalue weighted by Crippen LogP contribution is 2.46. The van der Waals surface area contributed by atoms with E-state index in [-0.39, 0.29) is 5.75 Å². The lowest BCUT2D eigenvalue weighted by Crippen LogP contribution is -2.37. The van der Waals surface area contributed by atoms with Gasteiger partial charge in [-0.05, 0) is 30.5 Å². The van der Waals surface area contributed by atoms with E-state index in [1.54, 1.807) is 6.07 Å². The summed E-state index contributed by atoms with van der Waals surface area (Å²) in [5, 5.41) is 9.42. The molecule has 0 bridgehead atoms. The molecule has 3 rings (SSSR count). The van der Waals surface area contributed by atoms with Gasteiger partial charge in [0.05, 0.1) is 11.7 Å². The van der Waals surface area contributed by atoms with Gasteiger partial charge in [-0.25, -0.2) is 4.79 Å².